The molecule has 1 amide bonds. The zero-order valence-corrected chi connectivity index (χ0v) is 12.8. The lowest BCUT2D eigenvalue weighted by Gasteiger charge is -2.31. The second-order valence-electron chi connectivity index (χ2n) is 5.99. The van der Waals surface area contributed by atoms with Gasteiger partial charge in [-0.1, -0.05) is 25.0 Å². The first-order chi connectivity index (χ1) is 10.5. The fraction of sp³-hybridized carbons (Fsp3) is 0.562. The summed E-state index contributed by atoms with van der Waals surface area (Å²) in [5.74, 6) is 0.117. The highest BCUT2D eigenvalue weighted by Crippen LogP contribution is 2.25. The third-order valence-electron chi connectivity index (χ3n) is 4.31. The van der Waals surface area contributed by atoms with E-state index in [0.29, 0.717) is 6.54 Å². The van der Waals surface area contributed by atoms with Crippen LogP contribution in [0.4, 0.5) is 5.69 Å². The van der Waals surface area contributed by atoms with Gasteiger partial charge in [-0.2, -0.15) is 0 Å². The maximum atomic E-state index is 12.2. The van der Waals surface area contributed by atoms with Crippen LogP contribution < -0.4 is 0 Å². The van der Waals surface area contributed by atoms with Gasteiger partial charge in [0.15, 0.2) is 0 Å². The van der Waals surface area contributed by atoms with Crippen molar-refractivity contribution in [1.29, 1.82) is 0 Å². The Kier molecular flexibility index (Phi) is 5.49. The normalized spacial score (nSPS) is 21.4. The van der Waals surface area contributed by atoms with E-state index < -0.39 is 4.92 Å². The van der Waals surface area contributed by atoms with E-state index in [1.54, 1.807) is 24.1 Å². The molecule has 0 spiro atoms. The molecular weight excluding hydrogens is 284 g/mol. The molecule has 0 bridgehead atoms. The van der Waals surface area contributed by atoms with E-state index in [-0.39, 0.29) is 30.0 Å². The quantitative estimate of drug-likeness (QED) is 0.667. The maximum absolute atomic E-state index is 12.2. The lowest BCUT2D eigenvalue weighted by Crippen LogP contribution is -2.38. The maximum Gasteiger partial charge on any atom is 0.269 e. The highest BCUT2D eigenvalue weighted by atomic mass is 16.6. The molecule has 0 aromatic heterocycles. The van der Waals surface area contributed by atoms with Gasteiger partial charge in [0.2, 0.25) is 5.91 Å². The average molecular weight is 306 g/mol. The number of benzene rings is 1. The lowest BCUT2D eigenvalue weighted by atomic mass is 9.86. The van der Waals surface area contributed by atoms with Crippen LogP contribution in [0.25, 0.3) is 0 Å². The highest BCUT2D eigenvalue weighted by Gasteiger charge is 2.25. The summed E-state index contributed by atoms with van der Waals surface area (Å²) < 4.78 is 0. The Morgan fingerprint density at radius 1 is 1.32 bits per heavy atom. The van der Waals surface area contributed by atoms with E-state index in [0.717, 1.165) is 31.2 Å². The van der Waals surface area contributed by atoms with Gasteiger partial charge in [-0.05, 0) is 18.4 Å². The molecule has 2 atom stereocenters. The number of amides is 1. The fourth-order valence-electron chi connectivity index (χ4n) is 2.90. The Bertz CT molecular complexity index is 529. The van der Waals surface area contributed by atoms with Gasteiger partial charge in [0, 0.05) is 31.6 Å². The number of hydrogen-bond acceptors (Lipinski definition) is 4. The number of nitro groups is 1. The Labute approximate surface area is 129 Å². The molecule has 0 aliphatic heterocycles. The number of non-ortho nitro benzene ring substituents is 1. The molecule has 1 saturated carbocycles. The van der Waals surface area contributed by atoms with Gasteiger partial charge in [0.25, 0.3) is 5.69 Å². The Hall–Kier alpha value is -1.95. The fourth-order valence-corrected chi connectivity index (χ4v) is 2.90. The van der Waals surface area contributed by atoms with Crippen LogP contribution in [0, 0.1) is 16.0 Å². The Morgan fingerprint density at radius 2 is 1.95 bits per heavy atom. The molecule has 22 heavy (non-hydrogen) atoms. The molecule has 1 aromatic rings. The summed E-state index contributed by atoms with van der Waals surface area (Å²) in [6.07, 6.45) is 3.83. The summed E-state index contributed by atoms with van der Waals surface area (Å²) in [7, 11) is 1.75. The Morgan fingerprint density at radius 3 is 2.55 bits per heavy atom. The summed E-state index contributed by atoms with van der Waals surface area (Å²) in [4.78, 5) is 24.0. The number of carbonyl (C=O) groups excluding carboxylic acids is 1. The van der Waals surface area contributed by atoms with Crippen molar-refractivity contribution < 1.29 is 14.8 Å². The van der Waals surface area contributed by atoms with Crippen molar-refractivity contribution in [3.8, 4) is 0 Å². The molecule has 1 aromatic carbocycles. The zero-order valence-electron chi connectivity index (χ0n) is 12.8. The number of rotatable bonds is 5. The van der Waals surface area contributed by atoms with E-state index in [1.165, 1.54) is 12.1 Å². The van der Waals surface area contributed by atoms with E-state index in [1.807, 2.05) is 0 Å². The van der Waals surface area contributed by atoms with Crippen LogP contribution in [-0.2, 0) is 11.2 Å². The van der Waals surface area contributed by atoms with Crippen molar-refractivity contribution in [3.05, 3.63) is 39.9 Å². The minimum Gasteiger partial charge on any atom is -0.393 e. The van der Waals surface area contributed by atoms with E-state index >= 15 is 0 Å². The van der Waals surface area contributed by atoms with Crippen molar-refractivity contribution in [1.82, 2.24) is 4.90 Å². The predicted octanol–water partition coefficient (Wildman–Crippen LogP) is 2.15. The monoisotopic (exact) mass is 306 g/mol. The summed E-state index contributed by atoms with van der Waals surface area (Å²) >= 11 is 0. The van der Waals surface area contributed by atoms with Gasteiger partial charge in [0.1, 0.15) is 0 Å². The molecular formula is C16H22N2O4. The molecule has 0 heterocycles. The molecule has 6 nitrogen and oxygen atoms in total. The van der Waals surface area contributed by atoms with Gasteiger partial charge < -0.3 is 10.0 Å². The predicted molar refractivity (Wildman–Crippen MR) is 82.4 cm³/mol. The molecule has 0 saturated heterocycles. The molecule has 2 rings (SSSR count). The van der Waals surface area contributed by atoms with Crippen LogP contribution in [0.3, 0.4) is 0 Å². The molecule has 1 N–H and O–H groups in total. The van der Waals surface area contributed by atoms with Crippen LogP contribution in [0.5, 0.6) is 0 Å². The average Bonchev–Trinajstić information content (AvgIpc) is 2.50. The van der Waals surface area contributed by atoms with Gasteiger partial charge in [0.05, 0.1) is 17.4 Å². The smallest absolute Gasteiger partial charge is 0.269 e. The molecule has 6 heteroatoms. The van der Waals surface area contributed by atoms with E-state index in [2.05, 4.69) is 0 Å². The zero-order chi connectivity index (χ0) is 16.1. The summed E-state index contributed by atoms with van der Waals surface area (Å²) in [6.45, 7) is 0.562. The largest absolute Gasteiger partial charge is 0.393 e. The first kappa shape index (κ1) is 16.4. The minimum absolute atomic E-state index is 0.0230. The second-order valence-corrected chi connectivity index (χ2v) is 5.99. The minimum atomic E-state index is -0.456. The van der Waals surface area contributed by atoms with Crippen LogP contribution in [-0.4, -0.2) is 40.5 Å². The van der Waals surface area contributed by atoms with Gasteiger partial charge in [-0.3, -0.25) is 14.9 Å². The third kappa shape index (κ3) is 4.27. The number of aliphatic hydroxyl groups is 1. The van der Waals surface area contributed by atoms with Crippen LogP contribution in [0.15, 0.2) is 24.3 Å². The standard InChI is InChI=1S/C16H22N2O4/c1-17(11-13-4-2-3-5-15(13)19)16(20)10-12-6-8-14(9-7-12)18(21)22/h6-9,13,15,19H,2-5,10-11H2,1H3. The van der Waals surface area contributed by atoms with Gasteiger partial charge in [-0.25, -0.2) is 0 Å². The topological polar surface area (TPSA) is 83.7 Å². The number of nitrogens with zero attached hydrogens (tertiary/aromatic N) is 2. The summed E-state index contributed by atoms with van der Waals surface area (Å²) in [6, 6.07) is 6.04. The van der Waals surface area contributed by atoms with Crippen molar-refractivity contribution in [2.24, 2.45) is 5.92 Å². The summed E-state index contributed by atoms with van der Waals surface area (Å²) in [5.41, 5.74) is 0.779. The molecule has 1 fully saturated rings. The number of aliphatic hydroxyl groups excluding tert-OH is 1. The number of hydrogen-bond donors (Lipinski definition) is 1. The number of likely N-dealkylation sites (N-methyl/N-ethyl adjacent to an activating group) is 1. The first-order valence-electron chi connectivity index (χ1n) is 7.62. The van der Waals surface area contributed by atoms with Crippen molar-refractivity contribution in [2.45, 2.75) is 38.2 Å². The third-order valence-corrected chi connectivity index (χ3v) is 4.31. The van der Waals surface area contributed by atoms with E-state index in [9.17, 15) is 20.0 Å². The highest BCUT2D eigenvalue weighted by molar-refractivity contribution is 5.78. The molecule has 2 unspecified atom stereocenters. The summed E-state index contributed by atoms with van der Waals surface area (Å²) in [5, 5.41) is 20.6. The van der Waals surface area contributed by atoms with Crippen molar-refractivity contribution in [2.75, 3.05) is 13.6 Å². The molecule has 120 valence electrons. The SMILES string of the molecule is CN(CC1CCCCC1O)C(=O)Cc1ccc([N+](=O)[O-])cc1. The number of carbonyl (C=O) groups is 1. The lowest BCUT2D eigenvalue weighted by molar-refractivity contribution is -0.384. The van der Waals surface area contributed by atoms with E-state index in [4.69, 9.17) is 0 Å². The Balaban J connectivity index is 1.89. The van der Waals surface area contributed by atoms with Crippen molar-refractivity contribution in [3.63, 3.8) is 0 Å². The first-order valence-corrected chi connectivity index (χ1v) is 7.62. The van der Waals surface area contributed by atoms with Crippen LogP contribution >= 0.6 is 0 Å². The van der Waals surface area contributed by atoms with Gasteiger partial charge >= 0.3 is 0 Å². The number of nitro benzene ring substituents is 1. The van der Waals surface area contributed by atoms with Crippen molar-refractivity contribution >= 4 is 11.6 Å². The molecule has 1 aliphatic carbocycles. The second kappa shape index (κ2) is 7.35. The molecule has 0 radical (unpaired) electrons. The van der Waals surface area contributed by atoms with Gasteiger partial charge in [-0.15, -0.1) is 0 Å². The van der Waals surface area contributed by atoms with Crippen LogP contribution in [0.1, 0.15) is 31.2 Å². The van der Waals surface area contributed by atoms with Crippen LogP contribution in [0.2, 0.25) is 0 Å². The molecule has 1 aliphatic rings.